The van der Waals surface area contributed by atoms with E-state index in [1.807, 2.05) is 32.4 Å². The van der Waals surface area contributed by atoms with Crippen LogP contribution in [0.5, 0.6) is 0 Å². The van der Waals surface area contributed by atoms with Gasteiger partial charge in [-0.05, 0) is 35.9 Å². The predicted octanol–water partition coefficient (Wildman–Crippen LogP) is 3.60. The van der Waals surface area contributed by atoms with Crippen LogP contribution in [0.3, 0.4) is 0 Å². The summed E-state index contributed by atoms with van der Waals surface area (Å²) >= 11 is 6.30. The molecule has 0 spiro atoms. The third-order valence-electron chi connectivity index (χ3n) is 5.08. The standard InChI is InChI=1S/C20H24ClN5/c1-24(2)19-12-16(5-6-18(19)21)26-10-8-25(9-11-26)14-15-13-23-20-17(15)4-3-7-22-20/h3-7,12-13H,8-11,14H2,1-2H3,(H,22,23). The molecular formula is C20H24ClN5. The lowest BCUT2D eigenvalue weighted by atomic mass is 10.2. The molecule has 1 N–H and O–H groups in total. The van der Waals surface area contributed by atoms with Gasteiger partial charge in [-0.2, -0.15) is 0 Å². The number of anilines is 2. The second-order valence-electron chi connectivity index (χ2n) is 7.01. The summed E-state index contributed by atoms with van der Waals surface area (Å²) in [5.41, 5.74) is 4.60. The van der Waals surface area contributed by atoms with Gasteiger partial charge >= 0.3 is 0 Å². The van der Waals surface area contributed by atoms with Crippen molar-refractivity contribution in [3.8, 4) is 0 Å². The molecule has 3 heterocycles. The monoisotopic (exact) mass is 369 g/mol. The molecule has 6 heteroatoms. The molecule has 136 valence electrons. The van der Waals surface area contributed by atoms with Gasteiger partial charge in [0.2, 0.25) is 0 Å². The fourth-order valence-electron chi connectivity index (χ4n) is 3.59. The van der Waals surface area contributed by atoms with Crippen molar-refractivity contribution in [1.82, 2.24) is 14.9 Å². The van der Waals surface area contributed by atoms with Gasteiger partial charge in [-0.25, -0.2) is 4.98 Å². The lowest BCUT2D eigenvalue weighted by molar-refractivity contribution is 0.250. The van der Waals surface area contributed by atoms with E-state index in [1.165, 1.54) is 16.6 Å². The highest BCUT2D eigenvalue weighted by molar-refractivity contribution is 6.33. The summed E-state index contributed by atoms with van der Waals surface area (Å²) < 4.78 is 0. The van der Waals surface area contributed by atoms with Crippen LogP contribution in [-0.4, -0.2) is 55.1 Å². The van der Waals surface area contributed by atoms with Crippen molar-refractivity contribution in [1.29, 1.82) is 0 Å². The Morgan fingerprint density at radius 2 is 1.96 bits per heavy atom. The number of nitrogens with zero attached hydrogens (tertiary/aromatic N) is 4. The fraction of sp³-hybridized carbons (Fsp3) is 0.350. The SMILES string of the molecule is CN(C)c1cc(N2CCN(Cc3c[nH]c4ncccc34)CC2)ccc1Cl. The Hall–Kier alpha value is -2.24. The van der Waals surface area contributed by atoms with Crippen molar-refractivity contribution in [2.75, 3.05) is 50.1 Å². The van der Waals surface area contributed by atoms with Gasteiger partial charge in [-0.15, -0.1) is 0 Å². The van der Waals surface area contributed by atoms with E-state index in [-0.39, 0.29) is 0 Å². The molecule has 3 aromatic rings. The number of aromatic nitrogens is 2. The molecule has 1 aliphatic heterocycles. The third kappa shape index (κ3) is 3.37. The molecule has 0 bridgehead atoms. The molecule has 0 amide bonds. The molecule has 0 radical (unpaired) electrons. The van der Waals surface area contributed by atoms with Gasteiger partial charge in [0.25, 0.3) is 0 Å². The summed E-state index contributed by atoms with van der Waals surface area (Å²) in [5, 5.41) is 2.02. The molecule has 5 nitrogen and oxygen atoms in total. The minimum Gasteiger partial charge on any atom is -0.376 e. The Bertz CT molecular complexity index is 896. The van der Waals surface area contributed by atoms with Crippen LogP contribution in [0.25, 0.3) is 11.0 Å². The first-order valence-electron chi connectivity index (χ1n) is 8.97. The average molecular weight is 370 g/mol. The van der Waals surface area contributed by atoms with Crippen molar-refractivity contribution >= 4 is 34.0 Å². The van der Waals surface area contributed by atoms with Crippen LogP contribution in [0, 0.1) is 0 Å². The first kappa shape index (κ1) is 17.2. The predicted molar refractivity (Wildman–Crippen MR) is 109 cm³/mol. The summed E-state index contributed by atoms with van der Waals surface area (Å²) in [4.78, 5) is 14.7. The third-order valence-corrected chi connectivity index (χ3v) is 5.40. The number of hydrogen-bond acceptors (Lipinski definition) is 4. The molecule has 0 atom stereocenters. The zero-order valence-electron chi connectivity index (χ0n) is 15.2. The van der Waals surface area contributed by atoms with Gasteiger partial charge < -0.3 is 14.8 Å². The molecule has 1 aromatic carbocycles. The molecule has 1 fully saturated rings. The Balaban J connectivity index is 1.42. The largest absolute Gasteiger partial charge is 0.376 e. The minimum absolute atomic E-state index is 0.797. The number of fused-ring (bicyclic) bond motifs is 1. The molecule has 4 rings (SSSR count). The smallest absolute Gasteiger partial charge is 0.137 e. The normalized spacial score (nSPS) is 15.6. The second-order valence-corrected chi connectivity index (χ2v) is 7.41. The molecule has 1 saturated heterocycles. The molecule has 0 unspecified atom stereocenters. The van der Waals surface area contributed by atoms with E-state index >= 15 is 0 Å². The van der Waals surface area contributed by atoms with Gasteiger partial charge in [0.1, 0.15) is 5.65 Å². The van der Waals surface area contributed by atoms with Gasteiger partial charge in [0, 0.05) is 70.3 Å². The summed E-state index contributed by atoms with van der Waals surface area (Å²) in [5.74, 6) is 0. The highest BCUT2D eigenvalue weighted by Crippen LogP contribution is 2.30. The maximum absolute atomic E-state index is 6.30. The first-order valence-corrected chi connectivity index (χ1v) is 9.35. The van der Waals surface area contributed by atoms with Crippen molar-refractivity contribution in [2.24, 2.45) is 0 Å². The van der Waals surface area contributed by atoms with Crippen LogP contribution >= 0.6 is 11.6 Å². The summed E-state index contributed by atoms with van der Waals surface area (Å²) in [6, 6.07) is 10.4. The number of aromatic amines is 1. The highest BCUT2D eigenvalue weighted by atomic mass is 35.5. The summed E-state index contributed by atoms with van der Waals surface area (Å²) in [6.45, 7) is 5.10. The van der Waals surface area contributed by atoms with Crippen LogP contribution in [-0.2, 0) is 6.54 Å². The van der Waals surface area contributed by atoms with E-state index < -0.39 is 0 Å². The molecule has 26 heavy (non-hydrogen) atoms. The Labute approximate surface area is 159 Å². The van der Waals surface area contributed by atoms with Crippen molar-refractivity contribution < 1.29 is 0 Å². The number of hydrogen-bond donors (Lipinski definition) is 1. The Morgan fingerprint density at radius 3 is 2.73 bits per heavy atom. The Morgan fingerprint density at radius 1 is 1.15 bits per heavy atom. The average Bonchev–Trinajstić information content (AvgIpc) is 3.06. The van der Waals surface area contributed by atoms with Crippen molar-refractivity contribution in [2.45, 2.75) is 6.54 Å². The van der Waals surface area contributed by atoms with Gasteiger partial charge in [0.15, 0.2) is 0 Å². The van der Waals surface area contributed by atoms with Crippen molar-refractivity contribution in [3.05, 3.63) is 53.3 Å². The van der Waals surface area contributed by atoms with Gasteiger partial charge in [-0.1, -0.05) is 11.6 Å². The molecule has 2 aromatic heterocycles. The van der Waals surface area contributed by atoms with E-state index in [2.05, 4.69) is 49.1 Å². The number of halogens is 1. The highest BCUT2D eigenvalue weighted by Gasteiger charge is 2.19. The molecule has 1 aliphatic rings. The molecule has 0 saturated carbocycles. The number of H-pyrrole nitrogens is 1. The van der Waals surface area contributed by atoms with E-state index in [9.17, 15) is 0 Å². The van der Waals surface area contributed by atoms with E-state index in [0.717, 1.165) is 49.1 Å². The summed E-state index contributed by atoms with van der Waals surface area (Å²) in [7, 11) is 4.05. The zero-order chi connectivity index (χ0) is 18.1. The van der Waals surface area contributed by atoms with Crippen molar-refractivity contribution in [3.63, 3.8) is 0 Å². The maximum Gasteiger partial charge on any atom is 0.137 e. The minimum atomic E-state index is 0.797. The number of piperazine rings is 1. The Kier molecular flexibility index (Phi) is 4.74. The second kappa shape index (κ2) is 7.17. The van der Waals surface area contributed by atoms with Gasteiger partial charge in [-0.3, -0.25) is 4.90 Å². The fourth-order valence-corrected chi connectivity index (χ4v) is 3.88. The van der Waals surface area contributed by atoms with Gasteiger partial charge in [0.05, 0.1) is 10.7 Å². The topological polar surface area (TPSA) is 38.4 Å². The lowest BCUT2D eigenvalue weighted by Crippen LogP contribution is -2.46. The van der Waals surface area contributed by atoms with E-state index in [4.69, 9.17) is 11.6 Å². The quantitative estimate of drug-likeness (QED) is 0.762. The van der Waals surface area contributed by atoms with Crippen LogP contribution in [0.2, 0.25) is 5.02 Å². The number of pyridine rings is 1. The molecule has 0 aliphatic carbocycles. The van der Waals surface area contributed by atoms with Crippen LogP contribution in [0.4, 0.5) is 11.4 Å². The van der Waals surface area contributed by atoms with Crippen LogP contribution < -0.4 is 9.80 Å². The maximum atomic E-state index is 6.30. The van der Waals surface area contributed by atoms with E-state index in [1.54, 1.807) is 0 Å². The van der Waals surface area contributed by atoms with E-state index in [0.29, 0.717) is 0 Å². The van der Waals surface area contributed by atoms with Crippen LogP contribution in [0.15, 0.2) is 42.7 Å². The number of benzene rings is 1. The number of nitrogens with one attached hydrogen (secondary N) is 1. The summed E-state index contributed by atoms with van der Waals surface area (Å²) in [6.07, 6.45) is 3.92. The molecular weight excluding hydrogens is 346 g/mol. The number of rotatable bonds is 4. The zero-order valence-corrected chi connectivity index (χ0v) is 16.0. The lowest BCUT2D eigenvalue weighted by Gasteiger charge is -2.36. The first-order chi connectivity index (χ1) is 12.6. The van der Waals surface area contributed by atoms with Crippen LogP contribution in [0.1, 0.15) is 5.56 Å².